The van der Waals surface area contributed by atoms with Gasteiger partial charge in [-0.15, -0.1) is 0 Å². The van der Waals surface area contributed by atoms with Crippen LogP contribution in [0.1, 0.15) is 16.9 Å². The summed E-state index contributed by atoms with van der Waals surface area (Å²) in [6.07, 6.45) is 5.59. The molecule has 0 unspecified atom stereocenters. The number of aliphatic hydroxyl groups is 1. The van der Waals surface area contributed by atoms with Crippen molar-refractivity contribution in [2.75, 3.05) is 24.5 Å². The van der Waals surface area contributed by atoms with E-state index in [1.165, 1.54) is 0 Å². The predicted octanol–water partition coefficient (Wildman–Crippen LogP) is -0.419. The highest BCUT2D eigenvalue weighted by Gasteiger charge is 2.37. The number of anilines is 1. The molecule has 2 aromatic heterocycles. The van der Waals surface area contributed by atoms with Crippen LogP contribution in [0.15, 0.2) is 30.7 Å². The Bertz CT molecular complexity index is 658. The van der Waals surface area contributed by atoms with Crippen LogP contribution in [-0.2, 0) is 7.05 Å². The zero-order valence-electron chi connectivity index (χ0n) is 12.3. The standard InChI is InChI=1S/C14H18N6O2/c1-19-7-3-11(18-19)12(21)17-9-14(22)4-8-20(10-14)13-15-5-2-6-16-13/h2-3,5-7,22H,4,8-10H2,1H3,(H,17,21)/t14-/m1/s1. The minimum absolute atomic E-state index is 0.172. The summed E-state index contributed by atoms with van der Waals surface area (Å²) in [5.41, 5.74) is -0.642. The Morgan fingerprint density at radius 2 is 2.23 bits per heavy atom. The Balaban J connectivity index is 1.58. The van der Waals surface area contributed by atoms with Crippen LogP contribution >= 0.6 is 0 Å². The van der Waals surface area contributed by atoms with Crippen LogP contribution in [-0.4, -0.2) is 56.0 Å². The Morgan fingerprint density at radius 3 is 2.91 bits per heavy atom. The largest absolute Gasteiger partial charge is 0.386 e. The van der Waals surface area contributed by atoms with Crippen LogP contribution in [0.3, 0.4) is 0 Å². The van der Waals surface area contributed by atoms with E-state index in [2.05, 4.69) is 20.4 Å². The fourth-order valence-electron chi connectivity index (χ4n) is 2.50. The first-order chi connectivity index (χ1) is 10.6. The topological polar surface area (TPSA) is 96.2 Å². The van der Waals surface area contributed by atoms with Gasteiger partial charge in [-0.05, 0) is 18.6 Å². The van der Waals surface area contributed by atoms with Gasteiger partial charge in [0.25, 0.3) is 5.91 Å². The number of hydrogen-bond donors (Lipinski definition) is 2. The molecule has 0 spiro atoms. The van der Waals surface area contributed by atoms with E-state index in [-0.39, 0.29) is 12.5 Å². The molecule has 3 heterocycles. The lowest BCUT2D eigenvalue weighted by molar-refractivity contribution is 0.0573. The molecule has 1 fully saturated rings. The van der Waals surface area contributed by atoms with Gasteiger partial charge in [-0.2, -0.15) is 5.10 Å². The van der Waals surface area contributed by atoms with Crippen LogP contribution < -0.4 is 10.2 Å². The van der Waals surface area contributed by atoms with Crippen LogP contribution in [0.4, 0.5) is 5.95 Å². The molecule has 8 nitrogen and oxygen atoms in total. The molecule has 0 saturated carbocycles. The summed E-state index contributed by atoms with van der Waals surface area (Å²) in [6, 6.07) is 3.39. The van der Waals surface area contributed by atoms with Gasteiger partial charge in [0.2, 0.25) is 5.95 Å². The highest BCUT2D eigenvalue weighted by molar-refractivity contribution is 5.92. The molecule has 1 aliphatic heterocycles. The third-order valence-electron chi connectivity index (χ3n) is 3.69. The Hall–Kier alpha value is -2.48. The molecule has 0 radical (unpaired) electrons. The van der Waals surface area contributed by atoms with Crippen molar-refractivity contribution in [1.29, 1.82) is 0 Å². The molecule has 0 bridgehead atoms. The van der Waals surface area contributed by atoms with Crippen LogP contribution in [0.5, 0.6) is 0 Å². The molecular weight excluding hydrogens is 284 g/mol. The summed E-state index contributed by atoms with van der Waals surface area (Å²) in [5.74, 6) is 0.304. The van der Waals surface area contributed by atoms with E-state index < -0.39 is 5.60 Å². The fraction of sp³-hybridized carbons (Fsp3) is 0.429. The highest BCUT2D eigenvalue weighted by Crippen LogP contribution is 2.23. The Kier molecular flexibility index (Phi) is 3.76. The van der Waals surface area contributed by atoms with Gasteiger partial charge in [0, 0.05) is 38.7 Å². The zero-order valence-corrected chi connectivity index (χ0v) is 12.3. The van der Waals surface area contributed by atoms with Gasteiger partial charge in [0.05, 0.1) is 6.54 Å². The van der Waals surface area contributed by atoms with Gasteiger partial charge in [-0.1, -0.05) is 0 Å². The van der Waals surface area contributed by atoms with Crippen molar-refractivity contribution in [1.82, 2.24) is 25.1 Å². The normalized spacial score (nSPS) is 21.1. The van der Waals surface area contributed by atoms with Crippen molar-refractivity contribution < 1.29 is 9.90 Å². The van der Waals surface area contributed by atoms with E-state index in [0.717, 1.165) is 0 Å². The zero-order chi connectivity index (χ0) is 15.6. The number of carbonyl (C=O) groups is 1. The molecule has 0 aromatic carbocycles. The maximum atomic E-state index is 12.0. The molecule has 1 amide bonds. The van der Waals surface area contributed by atoms with E-state index in [1.54, 1.807) is 42.5 Å². The molecule has 1 aliphatic rings. The molecule has 1 saturated heterocycles. The average Bonchev–Trinajstić information content (AvgIpc) is 3.13. The minimum Gasteiger partial charge on any atom is -0.386 e. The number of nitrogens with one attached hydrogen (secondary N) is 1. The van der Waals surface area contributed by atoms with E-state index in [9.17, 15) is 9.90 Å². The van der Waals surface area contributed by atoms with Crippen LogP contribution in [0.2, 0.25) is 0 Å². The molecular formula is C14H18N6O2. The van der Waals surface area contributed by atoms with Gasteiger partial charge >= 0.3 is 0 Å². The number of β-amino-alcohol motifs (C(OH)–C–C–N with tert-alkyl or cyclic N) is 1. The van der Waals surface area contributed by atoms with E-state index in [1.807, 2.05) is 4.90 Å². The maximum Gasteiger partial charge on any atom is 0.271 e. The van der Waals surface area contributed by atoms with E-state index in [4.69, 9.17) is 0 Å². The second kappa shape index (κ2) is 5.72. The first-order valence-electron chi connectivity index (χ1n) is 7.08. The molecule has 2 aromatic rings. The molecule has 2 N–H and O–H groups in total. The number of carbonyl (C=O) groups excluding carboxylic acids is 1. The number of aromatic nitrogens is 4. The molecule has 22 heavy (non-hydrogen) atoms. The van der Waals surface area contributed by atoms with Crippen LogP contribution in [0.25, 0.3) is 0 Å². The van der Waals surface area contributed by atoms with E-state index in [0.29, 0.717) is 31.2 Å². The lowest BCUT2D eigenvalue weighted by Crippen LogP contribution is -2.45. The summed E-state index contributed by atoms with van der Waals surface area (Å²) in [5, 5.41) is 17.4. The van der Waals surface area contributed by atoms with Gasteiger partial charge in [-0.25, -0.2) is 9.97 Å². The number of rotatable bonds is 4. The van der Waals surface area contributed by atoms with E-state index >= 15 is 0 Å². The molecule has 3 rings (SSSR count). The summed E-state index contributed by atoms with van der Waals surface area (Å²) in [4.78, 5) is 22.2. The van der Waals surface area contributed by atoms with Crippen molar-refractivity contribution in [3.63, 3.8) is 0 Å². The summed E-state index contributed by atoms with van der Waals surface area (Å²) < 4.78 is 1.56. The monoisotopic (exact) mass is 302 g/mol. The lowest BCUT2D eigenvalue weighted by atomic mass is 10.0. The first-order valence-corrected chi connectivity index (χ1v) is 7.08. The third-order valence-corrected chi connectivity index (χ3v) is 3.69. The quantitative estimate of drug-likeness (QED) is 0.796. The molecule has 116 valence electrons. The smallest absolute Gasteiger partial charge is 0.271 e. The molecule has 8 heteroatoms. The SMILES string of the molecule is Cn1ccc(C(=O)NC[C@]2(O)CCN(c3ncccn3)C2)n1. The number of nitrogens with zero attached hydrogens (tertiary/aromatic N) is 5. The first kappa shape index (κ1) is 14.5. The van der Waals surface area contributed by atoms with Gasteiger partial charge in [0.15, 0.2) is 0 Å². The summed E-state index contributed by atoms with van der Waals surface area (Å²) in [6.45, 7) is 1.21. The Morgan fingerprint density at radius 1 is 1.45 bits per heavy atom. The predicted molar refractivity (Wildman–Crippen MR) is 79.4 cm³/mol. The van der Waals surface area contributed by atoms with Crippen molar-refractivity contribution in [2.24, 2.45) is 7.05 Å². The lowest BCUT2D eigenvalue weighted by Gasteiger charge is -2.23. The van der Waals surface area contributed by atoms with Crippen molar-refractivity contribution in [3.05, 3.63) is 36.4 Å². The second-order valence-electron chi connectivity index (χ2n) is 5.50. The number of aryl methyl sites for hydroxylation is 1. The van der Waals surface area contributed by atoms with Crippen LogP contribution in [0, 0.1) is 0 Å². The average molecular weight is 302 g/mol. The van der Waals surface area contributed by atoms with Crippen molar-refractivity contribution >= 4 is 11.9 Å². The van der Waals surface area contributed by atoms with Gasteiger partial charge in [0.1, 0.15) is 11.3 Å². The van der Waals surface area contributed by atoms with Gasteiger partial charge in [-0.3, -0.25) is 9.48 Å². The molecule has 0 aliphatic carbocycles. The minimum atomic E-state index is -0.982. The number of amides is 1. The number of hydrogen-bond acceptors (Lipinski definition) is 6. The summed E-state index contributed by atoms with van der Waals surface area (Å²) in [7, 11) is 1.75. The molecule has 1 atom stereocenters. The third kappa shape index (κ3) is 3.06. The highest BCUT2D eigenvalue weighted by atomic mass is 16.3. The van der Waals surface area contributed by atoms with Crippen molar-refractivity contribution in [2.45, 2.75) is 12.0 Å². The fourth-order valence-corrected chi connectivity index (χ4v) is 2.50. The van der Waals surface area contributed by atoms with Gasteiger partial charge < -0.3 is 15.3 Å². The maximum absolute atomic E-state index is 12.0. The Labute approximate surface area is 127 Å². The van der Waals surface area contributed by atoms with Crippen molar-refractivity contribution in [3.8, 4) is 0 Å². The second-order valence-corrected chi connectivity index (χ2v) is 5.50. The summed E-state index contributed by atoms with van der Waals surface area (Å²) >= 11 is 0.